The van der Waals surface area contributed by atoms with E-state index in [1.807, 2.05) is 19.0 Å². The first-order chi connectivity index (χ1) is 12.5. The summed E-state index contributed by atoms with van der Waals surface area (Å²) in [6.07, 6.45) is 7.67. The van der Waals surface area contributed by atoms with Gasteiger partial charge in [0.1, 0.15) is 6.04 Å². The van der Waals surface area contributed by atoms with Crippen molar-refractivity contribution in [2.75, 3.05) is 37.7 Å². The summed E-state index contributed by atoms with van der Waals surface area (Å²) < 4.78 is 0. The van der Waals surface area contributed by atoms with Gasteiger partial charge in [0.05, 0.1) is 5.88 Å². The number of aromatic nitrogens is 2. The molecule has 1 saturated heterocycles. The minimum Gasteiger partial charge on any atom is -0.347 e. The van der Waals surface area contributed by atoms with Gasteiger partial charge in [-0.05, 0) is 12.8 Å². The Morgan fingerprint density at radius 3 is 2.46 bits per heavy atom. The number of nitrogens with zero attached hydrogens (tertiary/aromatic N) is 5. The van der Waals surface area contributed by atoms with Crippen LogP contribution >= 0.6 is 11.8 Å². The highest BCUT2D eigenvalue weighted by Crippen LogP contribution is 2.31. The SMILES string of the molecule is CN(Cc1cnc(N(C)C)nc1)C(=O)C1CSCN1C(=O)C1CCCC1. The highest BCUT2D eigenvalue weighted by atomic mass is 32.2. The van der Waals surface area contributed by atoms with E-state index in [4.69, 9.17) is 0 Å². The van der Waals surface area contributed by atoms with Crippen LogP contribution in [0.15, 0.2) is 12.4 Å². The van der Waals surface area contributed by atoms with Crippen LogP contribution in [-0.4, -0.2) is 70.4 Å². The van der Waals surface area contributed by atoms with E-state index in [-0.39, 0.29) is 23.8 Å². The molecular weight excluding hydrogens is 350 g/mol. The fraction of sp³-hybridized carbons (Fsp3) is 0.667. The summed E-state index contributed by atoms with van der Waals surface area (Å²) in [4.78, 5) is 39.6. The van der Waals surface area contributed by atoms with Gasteiger partial charge in [-0.15, -0.1) is 11.8 Å². The Bertz CT molecular complexity index is 645. The number of carbonyl (C=O) groups is 2. The highest BCUT2D eigenvalue weighted by Gasteiger charge is 2.39. The Morgan fingerprint density at radius 2 is 1.85 bits per heavy atom. The monoisotopic (exact) mass is 377 g/mol. The third kappa shape index (κ3) is 4.11. The van der Waals surface area contributed by atoms with Crippen molar-refractivity contribution in [3.05, 3.63) is 18.0 Å². The maximum Gasteiger partial charge on any atom is 0.246 e. The molecule has 1 aromatic heterocycles. The predicted octanol–water partition coefficient (Wildman–Crippen LogP) is 1.59. The first kappa shape index (κ1) is 18.9. The van der Waals surface area contributed by atoms with Crippen LogP contribution in [-0.2, 0) is 16.1 Å². The van der Waals surface area contributed by atoms with Crippen molar-refractivity contribution in [3.8, 4) is 0 Å². The molecule has 1 atom stereocenters. The molecule has 1 aliphatic heterocycles. The Hall–Kier alpha value is -1.83. The standard InChI is InChI=1S/C18H27N5O2S/c1-21(2)18-19-8-13(9-20-18)10-22(3)17(25)15-11-26-12-23(15)16(24)14-6-4-5-7-14/h8-9,14-15H,4-7,10-12H2,1-3H3. The first-order valence-corrected chi connectivity index (χ1v) is 10.2. The molecule has 1 unspecified atom stereocenters. The number of thioether (sulfide) groups is 1. The van der Waals surface area contributed by atoms with Gasteiger partial charge in [-0.25, -0.2) is 9.97 Å². The van der Waals surface area contributed by atoms with Crippen LogP contribution in [0.5, 0.6) is 0 Å². The van der Waals surface area contributed by atoms with Crippen LogP contribution in [0.1, 0.15) is 31.2 Å². The molecule has 2 fully saturated rings. The van der Waals surface area contributed by atoms with Gasteiger partial charge in [-0.3, -0.25) is 9.59 Å². The van der Waals surface area contributed by atoms with E-state index >= 15 is 0 Å². The molecule has 1 aromatic rings. The number of hydrogen-bond donors (Lipinski definition) is 0. The molecule has 8 heteroatoms. The minimum absolute atomic E-state index is 0.00182. The molecule has 26 heavy (non-hydrogen) atoms. The third-order valence-electron chi connectivity index (χ3n) is 5.04. The zero-order chi connectivity index (χ0) is 18.7. The van der Waals surface area contributed by atoms with Gasteiger partial charge in [0.15, 0.2) is 0 Å². The van der Waals surface area contributed by atoms with Gasteiger partial charge in [-0.2, -0.15) is 0 Å². The van der Waals surface area contributed by atoms with Crippen molar-refractivity contribution in [1.82, 2.24) is 19.8 Å². The Kier molecular flexibility index (Phi) is 6.01. The first-order valence-electron chi connectivity index (χ1n) is 9.09. The molecule has 2 aliphatic rings. The fourth-order valence-corrected chi connectivity index (χ4v) is 4.69. The van der Waals surface area contributed by atoms with Gasteiger partial charge in [0.2, 0.25) is 17.8 Å². The molecule has 0 radical (unpaired) electrons. The molecule has 7 nitrogen and oxygen atoms in total. The van der Waals surface area contributed by atoms with E-state index in [1.54, 1.807) is 41.0 Å². The number of amides is 2. The minimum atomic E-state index is -0.347. The Morgan fingerprint density at radius 1 is 1.19 bits per heavy atom. The van der Waals surface area contributed by atoms with Crippen molar-refractivity contribution in [2.45, 2.75) is 38.3 Å². The maximum atomic E-state index is 12.9. The lowest BCUT2D eigenvalue weighted by Gasteiger charge is -2.29. The van der Waals surface area contributed by atoms with Crippen molar-refractivity contribution in [3.63, 3.8) is 0 Å². The second-order valence-corrected chi connectivity index (χ2v) is 8.28. The number of rotatable bonds is 5. The summed E-state index contributed by atoms with van der Waals surface area (Å²) in [6, 6.07) is -0.347. The van der Waals surface area contributed by atoms with E-state index < -0.39 is 0 Å². The predicted molar refractivity (Wildman–Crippen MR) is 103 cm³/mol. The van der Waals surface area contributed by atoms with Crippen molar-refractivity contribution >= 4 is 29.5 Å². The van der Waals surface area contributed by atoms with E-state index in [9.17, 15) is 9.59 Å². The zero-order valence-electron chi connectivity index (χ0n) is 15.7. The van der Waals surface area contributed by atoms with E-state index in [0.717, 1.165) is 31.2 Å². The summed E-state index contributed by atoms with van der Waals surface area (Å²) >= 11 is 1.66. The average molecular weight is 378 g/mol. The molecule has 142 valence electrons. The largest absolute Gasteiger partial charge is 0.347 e. The summed E-state index contributed by atoms with van der Waals surface area (Å²) in [7, 11) is 5.56. The Labute approximate surface area is 159 Å². The molecular formula is C18H27N5O2S. The van der Waals surface area contributed by atoms with Crippen LogP contribution in [0.4, 0.5) is 5.95 Å². The molecule has 0 bridgehead atoms. The molecule has 0 spiro atoms. The fourth-order valence-electron chi connectivity index (χ4n) is 3.54. The Balaban J connectivity index is 1.62. The second-order valence-electron chi connectivity index (χ2n) is 7.29. The topological polar surface area (TPSA) is 69.6 Å². The number of carbonyl (C=O) groups excluding carboxylic acids is 2. The summed E-state index contributed by atoms with van der Waals surface area (Å²) in [5.74, 6) is 2.22. The van der Waals surface area contributed by atoms with Crippen LogP contribution in [0.3, 0.4) is 0 Å². The van der Waals surface area contributed by atoms with Gasteiger partial charge < -0.3 is 14.7 Å². The van der Waals surface area contributed by atoms with Crippen LogP contribution in [0.2, 0.25) is 0 Å². The molecule has 0 aromatic carbocycles. The average Bonchev–Trinajstić information content (AvgIpc) is 3.32. The van der Waals surface area contributed by atoms with E-state index in [1.165, 1.54) is 0 Å². The van der Waals surface area contributed by atoms with Gasteiger partial charge in [0.25, 0.3) is 0 Å². The lowest BCUT2D eigenvalue weighted by atomic mass is 10.1. The molecule has 1 aliphatic carbocycles. The number of anilines is 1. The summed E-state index contributed by atoms with van der Waals surface area (Å²) in [5.41, 5.74) is 0.880. The zero-order valence-corrected chi connectivity index (χ0v) is 16.5. The molecule has 2 amide bonds. The summed E-state index contributed by atoms with van der Waals surface area (Å²) in [6.45, 7) is 0.444. The molecule has 2 heterocycles. The van der Waals surface area contributed by atoms with Crippen LogP contribution in [0, 0.1) is 5.92 Å². The quantitative estimate of drug-likeness (QED) is 0.776. The van der Waals surface area contributed by atoms with Crippen molar-refractivity contribution in [2.24, 2.45) is 5.92 Å². The summed E-state index contributed by atoms with van der Waals surface area (Å²) in [5, 5.41) is 0. The maximum absolute atomic E-state index is 12.9. The second kappa shape index (κ2) is 8.24. The third-order valence-corrected chi connectivity index (χ3v) is 6.05. The molecule has 3 rings (SSSR count). The smallest absolute Gasteiger partial charge is 0.246 e. The van der Waals surface area contributed by atoms with Gasteiger partial charge in [0, 0.05) is 57.3 Å². The number of likely N-dealkylation sites (N-methyl/N-ethyl adjacent to an activating group) is 1. The van der Waals surface area contributed by atoms with Crippen molar-refractivity contribution < 1.29 is 9.59 Å². The van der Waals surface area contributed by atoms with E-state index in [0.29, 0.717) is 24.1 Å². The van der Waals surface area contributed by atoms with Crippen LogP contribution in [0.25, 0.3) is 0 Å². The lowest BCUT2D eigenvalue weighted by Crippen LogP contribution is -2.49. The number of hydrogen-bond acceptors (Lipinski definition) is 6. The van der Waals surface area contributed by atoms with Crippen LogP contribution < -0.4 is 4.90 Å². The van der Waals surface area contributed by atoms with Gasteiger partial charge in [-0.1, -0.05) is 12.8 Å². The molecule has 0 N–H and O–H groups in total. The van der Waals surface area contributed by atoms with E-state index in [2.05, 4.69) is 9.97 Å². The molecule has 1 saturated carbocycles. The lowest BCUT2D eigenvalue weighted by molar-refractivity contribution is -0.145. The van der Waals surface area contributed by atoms with Crippen molar-refractivity contribution in [1.29, 1.82) is 0 Å². The highest BCUT2D eigenvalue weighted by molar-refractivity contribution is 7.99. The van der Waals surface area contributed by atoms with Gasteiger partial charge >= 0.3 is 0 Å². The normalized spacial score (nSPS) is 20.4.